The third-order valence-electron chi connectivity index (χ3n) is 4.86. The van der Waals surface area contributed by atoms with E-state index >= 15 is 0 Å². The molecular formula is C17H24N4O3S. The number of likely N-dealkylation sites (tertiary alicyclic amines) is 1. The summed E-state index contributed by atoms with van der Waals surface area (Å²) in [4.78, 5) is 41.6. The maximum absolute atomic E-state index is 12.9. The second-order valence-corrected chi connectivity index (χ2v) is 7.83. The lowest BCUT2D eigenvalue weighted by Crippen LogP contribution is -2.47. The van der Waals surface area contributed by atoms with E-state index in [-0.39, 0.29) is 30.2 Å². The van der Waals surface area contributed by atoms with E-state index in [1.54, 1.807) is 7.05 Å². The van der Waals surface area contributed by atoms with Crippen molar-refractivity contribution in [3.63, 3.8) is 0 Å². The molecule has 1 saturated heterocycles. The standard InChI is InChI=1S/C17H24N4O3S/c1-19-16(23)14-7-12-9-21(6-4-13(12)25-14)17(24)11-3-2-5-20(8-11)10-15(18)22/h7,11H,2-6,8-10H2,1H3,(H2,18,22)(H,19,23)/t11-/m0/s1. The first kappa shape index (κ1) is 17.9. The number of primary amides is 1. The number of piperidine rings is 1. The number of carbonyl (C=O) groups excluding carboxylic acids is 3. The second kappa shape index (κ2) is 7.53. The second-order valence-electron chi connectivity index (χ2n) is 6.69. The molecule has 1 aromatic heterocycles. The van der Waals surface area contributed by atoms with Crippen LogP contribution in [0, 0.1) is 5.92 Å². The number of fused-ring (bicyclic) bond motifs is 1. The summed E-state index contributed by atoms with van der Waals surface area (Å²) >= 11 is 1.51. The van der Waals surface area contributed by atoms with Gasteiger partial charge in [-0.2, -0.15) is 0 Å². The predicted molar refractivity (Wildman–Crippen MR) is 95.2 cm³/mol. The molecule has 3 heterocycles. The monoisotopic (exact) mass is 364 g/mol. The van der Waals surface area contributed by atoms with Crippen LogP contribution in [-0.4, -0.2) is 60.7 Å². The van der Waals surface area contributed by atoms with Crippen molar-refractivity contribution in [2.75, 3.05) is 33.2 Å². The summed E-state index contributed by atoms with van der Waals surface area (Å²) in [5, 5.41) is 2.64. The summed E-state index contributed by atoms with van der Waals surface area (Å²) in [6.45, 7) is 2.88. The number of nitrogens with two attached hydrogens (primary N) is 1. The first-order valence-electron chi connectivity index (χ1n) is 8.61. The minimum atomic E-state index is -0.351. The van der Waals surface area contributed by atoms with Gasteiger partial charge in [0.1, 0.15) is 0 Å². The Bertz CT molecular complexity index is 687. The molecule has 136 valence electrons. The number of nitrogens with zero attached hydrogens (tertiary/aromatic N) is 2. The van der Waals surface area contributed by atoms with Crippen molar-refractivity contribution in [1.82, 2.24) is 15.1 Å². The van der Waals surface area contributed by atoms with Gasteiger partial charge in [0, 0.05) is 31.6 Å². The van der Waals surface area contributed by atoms with Gasteiger partial charge in [-0.25, -0.2) is 0 Å². The van der Waals surface area contributed by atoms with Gasteiger partial charge in [-0.3, -0.25) is 19.3 Å². The molecule has 3 N–H and O–H groups in total. The Balaban J connectivity index is 1.64. The average Bonchev–Trinajstić information content (AvgIpc) is 3.03. The molecule has 0 bridgehead atoms. The topological polar surface area (TPSA) is 95.7 Å². The molecule has 0 aromatic carbocycles. The van der Waals surface area contributed by atoms with Gasteiger partial charge < -0.3 is 16.0 Å². The van der Waals surface area contributed by atoms with Gasteiger partial charge in [-0.1, -0.05) is 0 Å². The molecule has 0 radical (unpaired) electrons. The zero-order valence-corrected chi connectivity index (χ0v) is 15.2. The van der Waals surface area contributed by atoms with E-state index in [0.717, 1.165) is 31.4 Å². The SMILES string of the molecule is CNC(=O)c1cc2c(s1)CCN(C(=O)[C@H]1CCCN(CC(N)=O)C1)C2. The number of thiophene rings is 1. The number of rotatable bonds is 4. The van der Waals surface area contributed by atoms with Gasteiger partial charge in [0.25, 0.3) is 5.91 Å². The van der Waals surface area contributed by atoms with E-state index in [2.05, 4.69) is 5.32 Å². The highest BCUT2D eigenvalue weighted by Crippen LogP contribution is 2.29. The van der Waals surface area contributed by atoms with Crippen molar-refractivity contribution in [3.05, 3.63) is 21.4 Å². The lowest BCUT2D eigenvalue weighted by molar-refractivity contribution is -0.139. The summed E-state index contributed by atoms with van der Waals surface area (Å²) in [6, 6.07) is 1.90. The Kier molecular flexibility index (Phi) is 5.39. The first-order valence-corrected chi connectivity index (χ1v) is 9.42. The highest BCUT2D eigenvalue weighted by atomic mass is 32.1. The summed E-state index contributed by atoms with van der Waals surface area (Å²) in [5.41, 5.74) is 6.35. The number of nitrogens with one attached hydrogen (secondary N) is 1. The van der Waals surface area contributed by atoms with Crippen LogP contribution in [0.15, 0.2) is 6.07 Å². The van der Waals surface area contributed by atoms with E-state index in [4.69, 9.17) is 5.73 Å². The van der Waals surface area contributed by atoms with Crippen molar-refractivity contribution >= 4 is 29.1 Å². The maximum Gasteiger partial charge on any atom is 0.261 e. The molecule has 1 fully saturated rings. The third-order valence-corrected chi connectivity index (χ3v) is 6.10. The summed E-state index contributed by atoms with van der Waals surface area (Å²) < 4.78 is 0. The number of carbonyl (C=O) groups is 3. The minimum absolute atomic E-state index is 0.0771. The van der Waals surface area contributed by atoms with Crippen LogP contribution >= 0.6 is 11.3 Å². The Morgan fingerprint density at radius 3 is 2.88 bits per heavy atom. The molecule has 25 heavy (non-hydrogen) atoms. The smallest absolute Gasteiger partial charge is 0.261 e. The molecular weight excluding hydrogens is 340 g/mol. The van der Waals surface area contributed by atoms with Crippen LogP contribution in [0.5, 0.6) is 0 Å². The summed E-state index contributed by atoms with van der Waals surface area (Å²) in [7, 11) is 1.62. The summed E-state index contributed by atoms with van der Waals surface area (Å²) in [5.74, 6) is -0.360. The van der Waals surface area contributed by atoms with Crippen LogP contribution in [0.3, 0.4) is 0 Å². The summed E-state index contributed by atoms with van der Waals surface area (Å²) in [6.07, 6.45) is 2.55. The number of amides is 3. The molecule has 1 aromatic rings. The average molecular weight is 364 g/mol. The van der Waals surface area contributed by atoms with Crippen molar-refractivity contribution in [2.24, 2.45) is 11.7 Å². The van der Waals surface area contributed by atoms with E-state index in [0.29, 0.717) is 24.5 Å². The van der Waals surface area contributed by atoms with Crippen molar-refractivity contribution < 1.29 is 14.4 Å². The Labute approximate surface area is 151 Å². The van der Waals surface area contributed by atoms with E-state index < -0.39 is 0 Å². The van der Waals surface area contributed by atoms with Crippen LogP contribution in [0.4, 0.5) is 0 Å². The Morgan fingerprint density at radius 1 is 1.36 bits per heavy atom. The molecule has 3 amide bonds. The first-order chi connectivity index (χ1) is 12.0. The fraction of sp³-hybridized carbons (Fsp3) is 0.588. The van der Waals surface area contributed by atoms with Crippen molar-refractivity contribution in [3.8, 4) is 0 Å². The quantitative estimate of drug-likeness (QED) is 0.797. The number of hydrogen-bond donors (Lipinski definition) is 2. The van der Waals surface area contributed by atoms with Crippen LogP contribution < -0.4 is 11.1 Å². The normalized spacial score (nSPS) is 20.8. The van der Waals surface area contributed by atoms with Gasteiger partial charge >= 0.3 is 0 Å². The van der Waals surface area contributed by atoms with Crippen molar-refractivity contribution in [2.45, 2.75) is 25.8 Å². The molecule has 8 heteroatoms. The zero-order chi connectivity index (χ0) is 18.0. The van der Waals surface area contributed by atoms with Gasteiger partial charge in [0.2, 0.25) is 11.8 Å². The molecule has 0 unspecified atom stereocenters. The highest BCUT2D eigenvalue weighted by Gasteiger charge is 2.32. The van der Waals surface area contributed by atoms with Crippen LogP contribution in [0.2, 0.25) is 0 Å². The lowest BCUT2D eigenvalue weighted by Gasteiger charge is -2.35. The van der Waals surface area contributed by atoms with Crippen LogP contribution in [0.25, 0.3) is 0 Å². The van der Waals surface area contributed by atoms with Crippen molar-refractivity contribution in [1.29, 1.82) is 0 Å². The third kappa shape index (κ3) is 4.01. The van der Waals surface area contributed by atoms with E-state index in [9.17, 15) is 14.4 Å². The predicted octanol–water partition coefficient (Wildman–Crippen LogP) is 0.190. The Hall–Kier alpha value is -1.93. The Morgan fingerprint density at radius 2 is 2.16 bits per heavy atom. The fourth-order valence-electron chi connectivity index (χ4n) is 3.64. The van der Waals surface area contributed by atoms with Crippen LogP contribution in [0.1, 0.15) is 33.0 Å². The largest absolute Gasteiger partial charge is 0.369 e. The molecule has 0 aliphatic carbocycles. The fourth-order valence-corrected chi connectivity index (χ4v) is 4.74. The van der Waals surface area contributed by atoms with Gasteiger partial charge in [0.05, 0.1) is 17.3 Å². The van der Waals surface area contributed by atoms with Gasteiger partial charge in [0.15, 0.2) is 0 Å². The minimum Gasteiger partial charge on any atom is -0.369 e. The van der Waals surface area contributed by atoms with Crippen LogP contribution in [-0.2, 0) is 22.6 Å². The molecule has 3 rings (SSSR count). The molecule has 2 aliphatic heterocycles. The van der Waals surface area contributed by atoms with Gasteiger partial charge in [-0.15, -0.1) is 11.3 Å². The molecule has 2 aliphatic rings. The zero-order valence-electron chi connectivity index (χ0n) is 14.4. The number of hydrogen-bond acceptors (Lipinski definition) is 5. The molecule has 7 nitrogen and oxygen atoms in total. The van der Waals surface area contributed by atoms with Gasteiger partial charge in [-0.05, 0) is 37.4 Å². The maximum atomic E-state index is 12.9. The highest BCUT2D eigenvalue weighted by molar-refractivity contribution is 7.14. The molecule has 1 atom stereocenters. The van der Waals surface area contributed by atoms with E-state index in [1.807, 2.05) is 15.9 Å². The van der Waals surface area contributed by atoms with E-state index in [1.165, 1.54) is 16.2 Å². The lowest BCUT2D eigenvalue weighted by atomic mass is 9.95. The molecule has 0 saturated carbocycles. The molecule has 0 spiro atoms.